The van der Waals surface area contributed by atoms with E-state index >= 15 is 0 Å². The molecule has 0 amide bonds. The van der Waals surface area contributed by atoms with Gasteiger partial charge in [-0.1, -0.05) is 25.6 Å². The van der Waals surface area contributed by atoms with Crippen LogP contribution in [0.3, 0.4) is 0 Å². The molecule has 1 heterocycles. The predicted molar refractivity (Wildman–Crippen MR) is 58.7 cm³/mol. The molecular weight excluding hydrogens is 216 g/mol. The SMILES string of the molecule is CCC(C)Sc1nc(N)ncc1[N+](=O)[O-]. The topological polar surface area (TPSA) is 94.9 Å². The highest BCUT2D eigenvalue weighted by molar-refractivity contribution is 8.00. The third-order valence-electron chi connectivity index (χ3n) is 1.84. The van der Waals surface area contributed by atoms with Crippen molar-refractivity contribution < 1.29 is 4.92 Å². The van der Waals surface area contributed by atoms with Crippen LogP contribution in [0.25, 0.3) is 0 Å². The van der Waals surface area contributed by atoms with Crippen LogP contribution in [0.15, 0.2) is 11.2 Å². The van der Waals surface area contributed by atoms with E-state index in [1.54, 1.807) is 0 Å². The van der Waals surface area contributed by atoms with Gasteiger partial charge in [0.25, 0.3) is 0 Å². The van der Waals surface area contributed by atoms with Crippen molar-refractivity contribution in [3.8, 4) is 0 Å². The number of nitrogen functional groups attached to an aromatic ring is 1. The number of anilines is 1. The monoisotopic (exact) mass is 228 g/mol. The van der Waals surface area contributed by atoms with E-state index in [2.05, 4.69) is 9.97 Å². The van der Waals surface area contributed by atoms with Gasteiger partial charge in [0, 0.05) is 5.25 Å². The molecule has 2 N–H and O–H groups in total. The smallest absolute Gasteiger partial charge is 0.319 e. The van der Waals surface area contributed by atoms with Crippen LogP contribution < -0.4 is 5.73 Å². The highest BCUT2D eigenvalue weighted by Gasteiger charge is 2.18. The van der Waals surface area contributed by atoms with Crippen LogP contribution in [0.4, 0.5) is 11.6 Å². The first-order chi connectivity index (χ1) is 7.04. The summed E-state index contributed by atoms with van der Waals surface area (Å²) in [6.45, 7) is 3.99. The van der Waals surface area contributed by atoms with Gasteiger partial charge in [-0.3, -0.25) is 10.1 Å². The Morgan fingerprint density at radius 3 is 2.93 bits per heavy atom. The highest BCUT2D eigenvalue weighted by Crippen LogP contribution is 2.30. The fraction of sp³-hybridized carbons (Fsp3) is 0.500. The number of hydrogen-bond acceptors (Lipinski definition) is 6. The van der Waals surface area contributed by atoms with Gasteiger partial charge >= 0.3 is 5.69 Å². The lowest BCUT2D eigenvalue weighted by Gasteiger charge is -2.07. The molecule has 82 valence electrons. The first-order valence-electron chi connectivity index (χ1n) is 4.48. The molecule has 0 aliphatic heterocycles. The number of nitrogens with two attached hydrogens (primary N) is 1. The zero-order valence-corrected chi connectivity index (χ0v) is 9.32. The first-order valence-corrected chi connectivity index (χ1v) is 5.36. The van der Waals surface area contributed by atoms with Gasteiger partial charge < -0.3 is 5.73 Å². The largest absolute Gasteiger partial charge is 0.368 e. The average Bonchev–Trinajstić information content (AvgIpc) is 2.17. The number of thioether (sulfide) groups is 1. The molecule has 0 radical (unpaired) electrons. The van der Waals surface area contributed by atoms with Gasteiger partial charge in [0.1, 0.15) is 6.20 Å². The number of hydrogen-bond donors (Lipinski definition) is 1. The summed E-state index contributed by atoms with van der Waals surface area (Å²) in [7, 11) is 0. The van der Waals surface area contributed by atoms with E-state index in [1.807, 2.05) is 13.8 Å². The van der Waals surface area contributed by atoms with Crippen molar-refractivity contribution in [1.29, 1.82) is 0 Å². The summed E-state index contributed by atoms with van der Waals surface area (Å²) in [5.41, 5.74) is 5.30. The fourth-order valence-corrected chi connectivity index (χ4v) is 1.80. The maximum absolute atomic E-state index is 10.7. The predicted octanol–water partition coefficient (Wildman–Crippen LogP) is 1.86. The minimum atomic E-state index is -0.496. The van der Waals surface area contributed by atoms with Crippen molar-refractivity contribution in [3.05, 3.63) is 16.3 Å². The number of nitro groups is 1. The van der Waals surface area contributed by atoms with Crippen LogP contribution in [-0.2, 0) is 0 Å². The molecule has 1 atom stereocenters. The molecule has 0 aliphatic rings. The van der Waals surface area contributed by atoms with E-state index in [-0.39, 0.29) is 16.9 Å². The van der Waals surface area contributed by atoms with Crippen LogP contribution >= 0.6 is 11.8 Å². The van der Waals surface area contributed by atoms with Crippen LogP contribution in [0.5, 0.6) is 0 Å². The molecule has 1 rings (SSSR count). The van der Waals surface area contributed by atoms with Gasteiger partial charge in [-0.2, -0.15) is 4.98 Å². The van der Waals surface area contributed by atoms with E-state index in [0.29, 0.717) is 5.03 Å². The summed E-state index contributed by atoms with van der Waals surface area (Å²) >= 11 is 1.34. The van der Waals surface area contributed by atoms with E-state index < -0.39 is 4.92 Å². The second kappa shape index (κ2) is 4.92. The summed E-state index contributed by atoms with van der Waals surface area (Å²) < 4.78 is 0. The lowest BCUT2D eigenvalue weighted by Crippen LogP contribution is -2.02. The molecule has 6 nitrogen and oxygen atoms in total. The van der Waals surface area contributed by atoms with E-state index in [4.69, 9.17) is 5.73 Å². The molecule has 0 saturated heterocycles. The quantitative estimate of drug-likeness (QED) is 0.366. The molecule has 1 aromatic heterocycles. The zero-order valence-electron chi connectivity index (χ0n) is 8.51. The third-order valence-corrected chi connectivity index (χ3v) is 3.10. The average molecular weight is 228 g/mol. The zero-order chi connectivity index (χ0) is 11.4. The molecule has 7 heteroatoms. The Hall–Kier alpha value is -1.37. The maximum Gasteiger partial charge on any atom is 0.319 e. The molecular formula is C8H12N4O2S. The van der Waals surface area contributed by atoms with Gasteiger partial charge in [0.15, 0.2) is 5.03 Å². The van der Waals surface area contributed by atoms with Gasteiger partial charge in [-0.05, 0) is 6.42 Å². The lowest BCUT2D eigenvalue weighted by molar-refractivity contribution is -0.388. The summed E-state index contributed by atoms with van der Waals surface area (Å²) in [5, 5.41) is 11.3. The van der Waals surface area contributed by atoms with Crippen LogP contribution in [0.2, 0.25) is 0 Å². The number of nitrogens with zero attached hydrogens (tertiary/aromatic N) is 3. The molecule has 0 spiro atoms. The molecule has 0 saturated carbocycles. The summed E-state index contributed by atoms with van der Waals surface area (Å²) in [5.74, 6) is 0.0615. The van der Waals surface area contributed by atoms with Crippen molar-refractivity contribution in [2.45, 2.75) is 30.5 Å². The van der Waals surface area contributed by atoms with Crippen molar-refractivity contribution in [2.24, 2.45) is 0 Å². The maximum atomic E-state index is 10.7. The second-order valence-corrected chi connectivity index (χ2v) is 4.44. The lowest BCUT2D eigenvalue weighted by atomic mass is 10.4. The Kier molecular flexibility index (Phi) is 3.84. The van der Waals surface area contributed by atoms with Crippen LogP contribution in [0, 0.1) is 10.1 Å². The van der Waals surface area contributed by atoms with E-state index in [9.17, 15) is 10.1 Å². The minimum absolute atomic E-state index is 0.0615. The van der Waals surface area contributed by atoms with Crippen molar-refractivity contribution in [1.82, 2.24) is 9.97 Å². The van der Waals surface area contributed by atoms with Gasteiger partial charge in [0.05, 0.1) is 4.92 Å². The summed E-state index contributed by atoms with van der Waals surface area (Å²) in [6.07, 6.45) is 2.05. The molecule has 1 unspecified atom stereocenters. The highest BCUT2D eigenvalue weighted by atomic mass is 32.2. The van der Waals surface area contributed by atoms with Crippen LogP contribution in [-0.4, -0.2) is 20.1 Å². The van der Waals surface area contributed by atoms with Crippen molar-refractivity contribution in [2.75, 3.05) is 5.73 Å². The Balaban J connectivity index is 3.02. The Labute approximate surface area is 91.4 Å². The summed E-state index contributed by atoms with van der Waals surface area (Å²) in [4.78, 5) is 17.7. The summed E-state index contributed by atoms with van der Waals surface area (Å²) in [6, 6.07) is 0. The van der Waals surface area contributed by atoms with E-state index in [1.165, 1.54) is 11.8 Å². The van der Waals surface area contributed by atoms with Gasteiger partial charge in [0.2, 0.25) is 5.95 Å². The Morgan fingerprint density at radius 1 is 1.73 bits per heavy atom. The molecule has 0 bridgehead atoms. The van der Waals surface area contributed by atoms with Gasteiger partial charge in [-0.25, -0.2) is 4.98 Å². The Bertz CT molecular complexity index is 372. The molecule has 0 aromatic carbocycles. The second-order valence-electron chi connectivity index (χ2n) is 3.01. The number of rotatable bonds is 4. The van der Waals surface area contributed by atoms with Crippen molar-refractivity contribution in [3.63, 3.8) is 0 Å². The third kappa shape index (κ3) is 3.05. The van der Waals surface area contributed by atoms with E-state index in [0.717, 1.165) is 12.6 Å². The Morgan fingerprint density at radius 2 is 2.40 bits per heavy atom. The first kappa shape index (κ1) is 11.7. The molecule has 15 heavy (non-hydrogen) atoms. The van der Waals surface area contributed by atoms with Crippen molar-refractivity contribution >= 4 is 23.4 Å². The molecule has 1 aromatic rings. The molecule has 0 aliphatic carbocycles. The minimum Gasteiger partial charge on any atom is -0.368 e. The standard InChI is InChI=1S/C8H12N4O2S/c1-3-5(2)15-7-6(12(13)14)4-10-8(9)11-7/h4-5H,3H2,1-2H3,(H2,9,10,11). The van der Waals surface area contributed by atoms with Gasteiger partial charge in [-0.15, -0.1) is 0 Å². The molecule has 0 fully saturated rings. The number of aromatic nitrogens is 2. The fourth-order valence-electron chi connectivity index (χ4n) is 0.859. The normalized spacial score (nSPS) is 12.4. The van der Waals surface area contributed by atoms with Crippen LogP contribution in [0.1, 0.15) is 20.3 Å².